The van der Waals surface area contributed by atoms with Gasteiger partial charge in [-0.1, -0.05) is 6.07 Å². The number of hydrogen-bond donors (Lipinski definition) is 0. The summed E-state index contributed by atoms with van der Waals surface area (Å²) in [5.74, 6) is 0.730. The van der Waals surface area contributed by atoms with Gasteiger partial charge in [-0.05, 0) is 42.6 Å². The third-order valence-electron chi connectivity index (χ3n) is 2.62. The lowest BCUT2D eigenvalue weighted by molar-refractivity contribution is 0.340. The molecule has 1 aromatic carbocycles. The summed E-state index contributed by atoms with van der Waals surface area (Å²) in [6.45, 7) is 2.49. The SMILES string of the molecule is CCOc1ccc(N(C)S(=O)(=O)c2cccs2)cc1. The number of thiophene rings is 1. The third kappa shape index (κ3) is 2.90. The molecule has 0 aliphatic rings. The average Bonchev–Trinajstić information content (AvgIpc) is 2.94. The lowest BCUT2D eigenvalue weighted by Gasteiger charge is -2.18. The highest BCUT2D eigenvalue weighted by atomic mass is 32.2. The van der Waals surface area contributed by atoms with Gasteiger partial charge in [-0.2, -0.15) is 0 Å². The van der Waals surface area contributed by atoms with Crippen LogP contribution in [0.2, 0.25) is 0 Å². The van der Waals surface area contributed by atoms with Crippen molar-refractivity contribution < 1.29 is 13.2 Å². The summed E-state index contributed by atoms with van der Waals surface area (Å²) in [5.41, 5.74) is 0.608. The molecular weight excluding hydrogens is 282 g/mol. The van der Waals surface area contributed by atoms with Crippen LogP contribution in [0.1, 0.15) is 6.92 Å². The summed E-state index contributed by atoms with van der Waals surface area (Å²) in [6.07, 6.45) is 0. The maximum atomic E-state index is 12.3. The maximum absolute atomic E-state index is 12.3. The fourth-order valence-corrected chi connectivity index (χ4v) is 3.96. The topological polar surface area (TPSA) is 46.6 Å². The fourth-order valence-electron chi connectivity index (χ4n) is 1.60. The van der Waals surface area contributed by atoms with Gasteiger partial charge in [0.15, 0.2) is 0 Å². The quantitative estimate of drug-likeness (QED) is 0.852. The van der Waals surface area contributed by atoms with Gasteiger partial charge in [-0.3, -0.25) is 4.31 Å². The Morgan fingerprint density at radius 2 is 1.89 bits per heavy atom. The molecule has 2 aromatic rings. The van der Waals surface area contributed by atoms with Crippen LogP contribution in [-0.2, 0) is 10.0 Å². The molecule has 0 atom stereocenters. The van der Waals surface area contributed by atoms with Crippen molar-refractivity contribution in [3.05, 3.63) is 41.8 Å². The molecule has 4 nitrogen and oxygen atoms in total. The summed E-state index contributed by atoms with van der Waals surface area (Å²) in [5, 5.41) is 1.75. The van der Waals surface area contributed by atoms with Crippen LogP contribution in [0, 0.1) is 0 Å². The first-order chi connectivity index (χ1) is 9.05. The molecule has 0 fully saturated rings. The molecule has 1 aromatic heterocycles. The molecule has 0 radical (unpaired) electrons. The Morgan fingerprint density at radius 1 is 1.21 bits per heavy atom. The van der Waals surface area contributed by atoms with E-state index in [9.17, 15) is 8.42 Å². The zero-order chi connectivity index (χ0) is 13.9. The molecule has 0 bridgehead atoms. The van der Waals surface area contributed by atoms with Gasteiger partial charge in [0.25, 0.3) is 10.0 Å². The lowest BCUT2D eigenvalue weighted by atomic mass is 10.3. The molecule has 102 valence electrons. The lowest BCUT2D eigenvalue weighted by Crippen LogP contribution is -2.25. The minimum absolute atomic E-state index is 0.337. The Labute approximate surface area is 117 Å². The third-order valence-corrected chi connectivity index (χ3v) is 5.78. The Hall–Kier alpha value is -1.53. The summed E-state index contributed by atoms with van der Waals surface area (Å²) in [6, 6.07) is 10.3. The van der Waals surface area contributed by atoms with Crippen LogP contribution in [0.3, 0.4) is 0 Å². The van der Waals surface area contributed by atoms with E-state index in [1.807, 2.05) is 6.92 Å². The molecule has 0 aliphatic heterocycles. The standard InChI is InChI=1S/C13H15NO3S2/c1-3-17-12-8-6-11(7-9-12)14(2)19(15,16)13-5-4-10-18-13/h4-10H,3H2,1-2H3. The predicted octanol–water partition coefficient (Wildman–Crippen LogP) is 2.97. The van der Waals surface area contributed by atoms with E-state index in [1.165, 1.54) is 15.6 Å². The van der Waals surface area contributed by atoms with Crippen molar-refractivity contribution in [1.29, 1.82) is 0 Å². The minimum Gasteiger partial charge on any atom is -0.494 e. The summed E-state index contributed by atoms with van der Waals surface area (Å²) in [7, 11) is -1.92. The number of hydrogen-bond acceptors (Lipinski definition) is 4. The van der Waals surface area contributed by atoms with Crippen LogP contribution in [0.15, 0.2) is 46.0 Å². The summed E-state index contributed by atoms with van der Waals surface area (Å²) < 4.78 is 31.6. The molecule has 0 amide bonds. The molecule has 6 heteroatoms. The van der Waals surface area contributed by atoms with Crippen LogP contribution < -0.4 is 9.04 Å². The van der Waals surface area contributed by atoms with Crippen molar-refractivity contribution >= 4 is 27.0 Å². The monoisotopic (exact) mass is 297 g/mol. The van der Waals surface area contributed by atoms with E-state index in [-0.39, 0.29) is 0 Å². The summed E-state index contributed by atoms with van der Waals surface area (Å²) in [4.78, 5) is 0. The van der Waals surface area contributed by atoms with Gasteiger partial charge in [-0.15, -0.1) is 11.3 Å². The first-order valence-electron chi connectivity index (χ1n) is 5.81. The number of nitrogens with zero attached hydrogens (tertiary/aromatic N) is 1. The first kappa shape index (κ1) is 13.9. The highest BCUT2D eigenvalue weighted by molar-refractivity contribution is 7.94. The van der Waals surface area contributed by atoms with Gasteiger partial charge in [0.05, 0.1) is 12.3 Å². The molecule has 0 unspecified atom stereocenters. The van der Waals surface area contributed by atoms with Crippen LogP contribution >= 0.6 is 11.3 Å². The van der Waals surface area contributed by atoms with Crippen LogP contribution in [0.5, 0.6) is 5.75 Å². The first-order valence-corrected chi connectivity index (χ1v) is 8.13. The average molecular weight is 297 g/mol. The largest absolute Gasteiger partial charge is 0.494 e. The summed E-state index contributed by atoms with van der Waals surface area (Å²) >= 11 is 1.21. The fraction of sp³-hybridized carbons (Fsp3) is 0.231. The van der Waals surface area contributed by atoms with Crippen LogP contribution in [-0.4, -0.2) is 22.1 Å². The molecule has 2 rings (SSSR count). The predicted molar refractivity (Wildman–Crippen MR) is 77.5 cm³/mol. The minimum atomic E-state index is -3.46. The van der Waals surface area contributed by atoms with Gasteiger partial charge in [0, 0.05) is 7.05 Å². The van der Waals surface area contributed by atoms with Crippen molar-refractivity contribution in [3.8, 4) is 5.75 Å². The molecule has 0 aliphatic carbocycles. The Bertz CT molecular complexity index is 618. The van der Waals surface area contributed by atoms with E-state index in [0.717, 1.165) is 5.75 Å². The van der Waals surface area contributed by atoms with E-state index in [1.54, 1.807) is 48.8 Å². The Morgan fingerprint density at radius 3 is 2.42 bits per heavy atom. The second kappa shape index (κ2) is 5.63. The second-order valence-electron chi connectivity index (χ2n) is 3.83. The van der Waals surface area contributed by atoms with Crippen molar-refractivity contribution in [1.82, 2.24) is 0 Å². The molecule has 0 spiro atoms. The van der Waals surface area contributed by atoms with E-state index in [0.29, 0.717) is 16.5 Å². The highest BCUT2D eigenvalue weighted by Crippen LogP contribution is 2.26. The van der Waals surface area contributed by atoms with E-state index in [2.05, 4.69) is 0 Å². The van der Waals surface area contributed by atoms with Gasteiger partial charge >= 0.3 is 0 Å². The zero-order valence-electron chi connectivity index (χ0n) is 10.7. The van der Waals surface area contributed by atoms with E-state index < -0.39 is 10.0 Å². The van der Waals surface area contributed by atoms with Gasteiger partial charge in [-0.25, -0.2) is 8.42 Å². The number of benzene rings is 1. The molecule has 0 N–H and O–H groups in total. The highest BCUT2D eigenvalue weighted by Gasteiger charge is 2.22. The van der Waals surface area contributed by atoms with Crippen LogP contribution in [0.25, 0.3) is 0 Å². The van der Waals surface area contributed by atoms with Crippen molar-refractivity contribution in [2.24, 2.45) is 0 Å². The van der Waals surface area contributed by atoms with Crippen molar-refractivity contribution in [2.45, 2.75) is 11.1 Å². The molecule has 0 saturated carbocycles. The van der Waals surface area contributed by atoms with Gasteiger partial charge < -0.3 is 4.74 Å². The number of anilines is 1. The van der Waals surface area contributed by atoms with Crippen molar-refractivity contribution in [2.75, 3.05) is 18.0 Å². The molecule has 19 heavy (non-hydrogen) atoms. The smallest absolute Gasteiger partial charge is 0.273 e. The van der Waals surface area contributed by atoms with Gasteiger partial charge in [0.1, 0.15) is 9.96 Å². The van der Waals surface area contributed by atoms with Crippen molar-refractivity contribution in [3.63, 3.8) is 0 Å². The van der Waals surface area contributed by atoms with Gasteiger partial charge in [0.2, 0.25) is 0 Å². The number of ether oxygens (including phenoxy) is 1. The number of sulfonamides is 1. The molecule has 0 saturated heterocycles. The Kier molecular flexibility index (Phi) is 4.11. The zero-order valence-corrected chi connectivity index (χ0v) is 12.4. The molecule has 1 heterocycles. The normalized spacial score (nSPS) is 11.3. The second-order valence-corrected chi connectivity index (χ2v) is 6.98. The number of rotatable bonds is 5. The molecular formula is C13H15NO3S2. The van der Waals surface area contributed by atoms with Crippen LogP contribution in [0.4, 0.5) is 5.69 Å². The van der Waals surface area contributed by atoms with E-state index in [4.69, 9.17) is 4.74 Å². The van der Waals surface area contributed by atoms with E-state index >= 15 is 0 Å². The Balaban J connectivity index is 2.26. The maximum Gasteiger partial charge on any atom is 0.273 e.